The number of amides is 4. The van der Waals surface area contributed by atoms with E-state index in [2.05, 4.69) is 12.2 Å². The van der Waals surface area contributed by atoms with Crippen molar-refractivity contribution in [1.29, 1.82) is 0 Å². The summed E-state index contributed by atoms with van der Waals surface area (Å²) < 4.78 is 0. The average molecular weight is 479 g/mol. The molecule has 4 amide bonds. The zero-order valence-electron chi connectivity index (χ0n) is 19.9. The normalized spacial score (nSPS) is 14.8. The zero-order valence-corrected chi connectivity index (χ0v) is 20.6. The number of unbranched alkanes of at least 4 members (excludes halogenated alkanes) is 7. The molecule has 0 radical (unpaired) electrons. The summed E-state index contributed by atoms with van der Waals surface area (Å²) in [6, 6.07) is 6.11. The Hall–Kier alpha value is -2.12. The van der Waals surface area contributed by atoms with Crippen LogP contribution >= 0.6 is 11.6 Å². The molecular formula is C25H39ClN4O3. The largest absolute Gasteiger partial charge is 0.352 e. The lowest BCUT2D eigenvalue weighted by Gasteiger charge is -2.24. The Bertz CT molecular complexity index is 774. The number of benzene rings is 1. The number of nitrogens with two attached hydrogens (primary N) is 1. The molecule has 184 valence electrons. The van der Waals surface area contributed by atoms with Gasteiger partial charge in [0, 0.05) is 24.0 Å². The van der Waals surface area contributed by atoms with Crippen molar-refractivity contribution in [3.05, 3.63) is 29.3 Å². The van der Waals surface area contributed by atoms with Crippen LogP contribution in [-0.4, -0.2) is 48.4 Å². The van der Waals surface area contributed by atoms with Crippen molar-refractivity contribution in [1.82, 2.24) is 10.2 Å². The molecule has 1 atom stereocenters. The Kier molecular flexibility index (Phi) is 12.3. The third-order valence-electron chi connectivity index (χ3n) is 5.92. The van der Waals surface area contributed by atoms with Gasteiger partial charge in [0.25, 0.3) is 5.91 Å². The summed E-state index contributed by atoms with van der Waals surface area (Å²) >= 11 is 6.03. The third-order valence-corrected chi connectivity index (χ3v) is 6.16. The van der Waals surface area contributed by atoms with Gasteiger partial charge in [0.05, 0.1) is 5.69 Å². The van der Waals surface area contributed by atoms with Crippen molar-refractivity contribution in [3.8, 4) is 0 Å². The maximum Gasteiger partial charge on any atom is 0.331 e. The Morgan fingerprint density at radius 1 is 1.09 bits per heavy atom. The summed E-state index contributed by atoms with van der Waals surface area (Å²) in [5.74, 6) is -0.289. The van der Waals surface area contributed by atoms with Gasteiger partial charge in [-0.15, -0.1) is 0 Å². The standard InChI is InChI=1S/C25H39ClN4O3/c1-2-3-4-5-6-7-8-15-23(31)28-21(13-9-10-16-27)18-29-19-24(32)30(25(29)33)22-14-11-12-20(26)17-22/h11-12,14,17,21H,2-10,13,15-16,18-19,27H2,1H3,(H,28,31). The molecule has 3 N–H and O–H groups in total. The van der Waals surface area contributed by atoms with E-state index >= 15 is 0 Å². The van der Waals surface area contributed by atoms with E-state index in [1.54, 1.807) is 24.3 Å². The number of rotatable bonds is 16. The van der Waals surface area contributed by atoms with E-state index in [1.165, 1.54) is 30.6 Å². The van der Waals surface area contributed by atoms with Crippen molar-refractivity contribution in [2.45, 2.75) is 83.6 Å². The van der Waals surface area contributed by atoms with Crippen molar-refractivity contribution < 1.29 is 14.4 Å². The van der Waals surface area contributed by atoms with Gasteiger partial charge in [-0.3, -0.25) is 9.59 Å². The Balaban J connectivity index is 1.88. The van der Waals surface area contributed by atoms with E-state index in [9.17, 15) is 14.4 Å². The minimum absolute atomic E-state index is 0.00553. The fourth-order valence-electron chi connectivity index (χ4n) is 4.11. The molecule has 1 unspecified atom stereocenters. The molecule has 2 rings (SSSR count). The molecule has 0 bridgehead atoms. The number of carbonyl (C=O) groups is 3. The van der Waals surface area contributed by atoms with Gasteiger partial charge in [0.2, 0.25) is 5.91 Å². The number of carbonyl (C=O) groups excluding carboxylic acids is 3. The van der Waals surface area contributed by atoms with Crippen LogP contribution in [0.5, 0.6) is 0 Å². The Labute approximate surface area is 203 Å². The topological polar surface area (TPSA) is 95.7 Å². The fraction of sp³-hybridized carbons (Fsp3) is 0.640. The molecule has 1 aliphatic rings. The summed E-state index contributed by atoms with van der Waals surface area (Å²) in [6.07, 6.45) is 11.0. The first-order valence-electron chi connectivity index (χ1n) is 12.3. The van der Waals surface area contributed by atoms with Gasteiger partial charge in [-0.05, 0) is 44.0 Å². The Morgan fingerprint density at radius 2 is 1.82 bits per heavy atom. The van der Waals surface area contributed by atoms with Crippen molar-refractivity contribution in [2.24, 2.45) is 5.73 Å². The molecule has 33 heavy (non-hydrogen) atoms. The lowest BCUT2D eigenvalue weighted by molar-refractivity contribution is -0.122. The molecule has 7 nitrogen and oxygen atoms in total. The predicted octanol–water partition coefficient (Wildman–Crippen LogP) is 4.86. The highest BCUT2D eigenvalue weighted by Gasteiger charge is 2.38. The number of hydrogen-bond acceptors (Lipinski definition) is 4. The number of hydrogen-bond donors (Lipinski definition) is 2. The highest BCUT2D eigenvalue weighted by Crippen LogP contribution is 2.24. The SMILES string of the molecule is CCCCCCCCCC(=O)NC(CCCCN)CN1CC(=O)N(c2cccc(Cl)c2)C1=O. The second-order valence-electron chi connectivity index (χ2n) is 8.79. The first-order chi connectivity index (χ1) is 16.0. The van der Waals surface area contributed by atoms with E-state index in [0.29, 0.717) is 30.2 Å². The summed E-state index contributed by atoms with van der Waals surface area (Å²) in [5.41, 5.74) is 6.09. The molecule has 1 saturated heterocycles. The van der Waals surface area contributed by atoms with Crippen LogP contribution in [-0.2, 0) is 9.59 Å². The average Bonchev–Trinajstić information content (AvgIpc) is 3.06. The summed E-state index contributed by atoms with van der Waals surface area (Å²) in [5, 5.41) is 3.55. The van der Waals surface area contributed by atoms with Gasteiger partial charge in [-0.2, -0.15) is 0 Å². The van der Waals surface area contributed by atoms with Crippen LogP contribution in [0.2, 0.25) is 5.02 Å². The Morgan fingerprint density at radius 3 is 2.52 bits per heavy atom. The van der Waals surface area contributed by atoms with Crippen molar-refractivity contribution >= 4 is 35.1 Å². The van der Waals surface area contributed by atoms with Crippen LogP contribution in [0.1, 0.15) is 77.6 Å². The number of nitrogens with one attached hydrogen (secondary N) is 1. The number of urea groups is 1. The second-order valence-corrected chi connectivity index (χ2v) is 9.23. The zero-order chi connectivity index (χ0) is 24.1. The van der Waals surface area contributed by atoms with Crippen LogP contribution in [0, 0.1) is 0 Å². The van der Waals surface area contributed by atoms with E-state index < -0.39 is 0 Å². The molecule has 1 aliphatic heterocycles. The predicted molar refractivity (Wildman–Crippen MR) is 133 cm³/mol. The van der Waals surface area contributed by atoms with Crippen molar-refractivity contribution in [2.75, 3.05) is 24.5 Å². The molecule has 8 heteroatoms. The highest BCUT2D eigenvalue weighted by atomic mass is 35.5. The van der Waals surface area contributed by atoms with Crippen molar-refractivity contribution in [3.63, 3.8) is 0 Å². The molecule has 0 saturated carbocycles. The molecule has 1 aromatic rings. The monoisotopic (exact) mass is 478 g/mol. The molecule has 0 spiro atoms. The van der Waals surface area contributed by atoms with Crippen LogP contribution in [0.4, 0.5) is 10.5 Å². The van der Waals surface area contributed by atoms with Gasteiger partial charge in [-0.25, -0.2) is 9.69 Å². The first-order valence-corrected chi connectivity index (χ1v) is 12.7. The molecular weight excluding hydrogens is 440 g/mol. The molecule has 0 aliphatic carbocycles. The van der Waals surface area contributed by atoms with Crippen LogP contribution < -0.4 is 16.0 Å². The van der Waals surface area contributed by atoms with Gasteiger partial charge >= 0.3 is 6.03 Å². The van der Waals surface area contributed by atoms with E-state index in [-0.39, 0.29) is 30.4 Å². The summed E-state index contributed by atoms with van der Waals surface area (Å²) in [4.78, 5) is 40.7. The number of nitrogens with zero attached hydrogens (tertiary/aromatic N) is 2. The van der Waals surface area contributed by atoms with Crippen LogP contribution in [0.3, 0.4) is 0 Å². The quantitative estimate of drug-likeness (QED) is 0.262. The summed E-state index contributed by atoms with van der Waals surface area (Å²) in [6.45, 7) is 3.08. The lowest BCUT2D eigenvalue weighted by atomic mass is 10.1. The molecule has 0 aromatic heterocycles. The third kappa shape index (κ3) is 9.33. The van der Waals surface area contributed by atoms with Crippen LogP contribution in [0.15, 0.2) is 24.3 Å². The summed E-state index contributed by atoms with van der Waals surface area (Å²) in [7, 11) is 0. The smallest absolute Gasteiger partial charge is 0.331 e. The van der Waals surface area contributed by atoms with E-state index in [0.717, 1.165) is 43.4 Å². The van der Waals surface area contributed by atoms with Gasteiger partial charge in [-0.1, -0.05) is 69.5 Å². The minimum atomic E-state index is -0.382. The molecule has 1 heterocycles. The van der Waals surface area contributed by atoms with E-state index in [4.69, 9.17) is 17.3 Å². The fourth-order valence-corrected chi connectivity index (χ4v) is 4.30. The van der Waals surface area contributed by atoms with E-state index in [1.807, 2.05) is 0 Å². The van der Waals surface area contributed by atoms with Gasteiger partial charge in [0.1, 0.15) is 6.54 Å². The van der Waals surface area contributed by atoms with Crippen LogP contribution in [0.25, 0.3) is 0 Å². The highest BCUT2D eigenvalue weighted by molar-refractivity contribution is 6.31. The first kappa shape index (κ1) is 27.1. The second kappa shape index (κ2) is 14.9. The molecule has 1 fully saturated rings. The maximum atomic E-state index is 13.0. The van der Waals surface area contributed by atoms with Gasteiger partial charge < -0.3 is 16.0 Å². The minimum Gasteiger partial charge on any atom is -0.352 e. The lowest BCUT2D eigenvalue weighted by Crippen LogP contribution is -2.45. The maximum absolute atomic E-state index is 13.0. The van der Waals surface area contributed by atoms with Gasteiger partial charge in [0.15, 0.2) is 0 Å². The number of imide groups is 1. The number of halogens is 1. The number of anilines is 1. The molecule has 1 aromatic carbocycles.